The second kappa shape index (κ2) is 15.1. The van der Waals surface area contributed by atoms with Crippen LogP contribution in [-0.4, -0.2) is 60.7 Å². The Hall–Kier alpha value is -4.91. The van der Waals surface area contributed by atoms with Crippen LogP contribution >= 0.6 is 0 Å². The van der Waals surface area contributed by atoms with Gasteiger partial charge in [0.25, 0.3) is 0 Å². The molecule has 1 saturated heterocycles. The molecule has 0 saturated carbocycles. The van der Waals surface area contributed by atoms with Crippen molar-refractivity contribution in [1.29, 1.82) is 16.2 Å². The molecular formula is C34H46N10O3. The van der Waals surface area contributed by atoms with Gasteiger partial charge < -0.3 is 30.8 Å². The van der Waals surface area contributed by atoms with Crippen molar-refractivity contribution in [3.63, 3.8) is 0 Å². The SMILES string of the molecule is CCC(=N)/C=C(/NC(=O)N[C@H]1CCC(Oc2ccc(=N)n(C(=N)N3[C@H](C)CCC[C@@H]3C)c2)c2ccccc21)Nc1cnn(CCO)c1. The van der Waals surface area contributed by atoms with Gasteiger partial charge in [-0.2, -0.15) is 5.10 Å². The number of carbonyl (C=O) groups is 1. The van der Waals surface area contributed by atoms with Gasteiger partial charge in [-0.05, 0) is 81.7 Å². The molecular weight excluding hydrogens is 596 g/mol. The monoisotopic (exact) mass is 642 g/mol. The number of aliphatic hydroxyl groups is 1. The van der Waals surface area contributed by atoms with E-state index in [1.165, 1.54) is 0 Å². The zero-order chi connectivity index (χ0) is 33.5. The Morgan fingerprint density at radius 3 is 2.53 bits per heavy atom. The quantitative estimate of drug-likeness (QED) is 0.123. The summed E-state index contributed by atoms with van der Waals surface area (Å²) in [6, 6.07) is 11.1. The molecule has 0 radical (unpaired) electrons. The summed E-state index contributed by atoms with van der Waals surface area (Å²) in [5.41, 5.74) is 3.11. The number of piperidine rings is 1. The molecule has 1 aromatic carbocycles. The molecule has 1 unspecified atom stereocenters. The van der Waals surface area contributed by atoms with E-state index in [0.29, 0.717) is 48.8 Å². The molecule has 2 amide bonds. The summed E-state index contributed by atoms with van der Waals surface area (Å²) in [4.78, 5) is 15.4. The van der Waals surface area contributed by atoms with Crippen molar-refractivity contribution in [2.24, 2.45) is 0 Å². The third-order valence-electron chi connectivity index (χ3n) is 8.80. The van der Waals surface area contributed by atoms with Gasteiger partial charge in [0, 0.05) is 24.0 Å². The molecule has 13 heteroatoms. The molecule has 1 aliphatic carbocycles. The van der Waals surface area contributed by atoms with Crippen LogP contribution in [0.25, 0.3) is 0 Å². The maximum absolute atomic E-state index is 13.3. The molecule has 0 bridgehead atoms. The van der Waals surface area contributed by atoms with Crippen LogP contribution in [0.4, 0.5) is 10.5 Å². The lowest BCUT2D eigenvalue weighted by molar-refractivity contribution is 0.169. The Kier molecular flexibility index (Phi) is 10.8. The van der Waals surface area contributed by atoms with Crippen molar-refractivity contribution in [2.75, 3.05) is 11.9 Å². The van der Waals surface area contributed by atoms with Gasteiger partial charge in [-0.3, -0.25) is 25.4 Å². The predicted octanol–water partition coefficient (Wildman–Crippen LogP) is 4.84. The van der Waals surface area contributed by atoms with Crippen LogP contribution in [0, 0.1) is 16.2 Å². The van der Waals surface area contributed by atoms with Crippen molar-refractivity contribution in [3.8, 4) is 5.75 Å². The smallest absolute Gasteiger partial charge is 0.320 e. The van der Waals surface area contributed by atoms with Crippen molar-refractivity contribution in [2.45, 2.75) is 90.1 Å². The molecule has 5 rings (SSSR count). The fourth-order valence-electron chi connectivity index (χ4n) is 6.38. The van der Waals surface area contributed by atoms with Crippen molar-refractivity contribution in [1.82, 2.24) is 29.9 Å². The van der Waals surface area contributed by atoms with Crippen LogP contribution < -0.4 is 26.2 Å². The Morgan fingerprint density at radius 2 is 1.81 bits per heavy atom. The summed E-state index contributed by atoms with van der Waals surface area (Å²) in [7, 11) is 0. The lowest BCUT2D eigenvalue weighted by Crippen LogP contribution is -2.51. The number of nitrogens with zero attached hydrogens (tertiary/aromatic N) is 4. The second-order valence-electron chi connectivity index (χ2n) is 12.2. The number of carbonyl (C=O) groups excluding carboxylic acids is 1. The largest absolute Gasteiger partial charge is 0.484 e. The van der Waals surface area contributed by atoms with E-state index in [-0.39, 0.29) is 42.3 Å². The summed E-state index contributed by atoms with van der Waals surface area (Å²) in [6.07, 6.45) is 11.3. The number of aromatic nitrogens is 3. The molecule has 0 spiro atoms. The van der Waals surface area contributed by atoms with E-state index in [9.17, 15) is 9.90 Å². The van der Waals surface area contributed by atoms with Crippen LogP contribution in [0.1, 0.15) is 82.6 Å². The van der Waals surface area contributed by atoms with E-state index in [0.717, 1.165) is 30.4 Å². The van der Waals surface area contributed by atoms with Gasteiger partial charge >= 0.3 is 6.03 Å². The Morgan fingerprint density at radius 1 is 1.06 bits per heavy atom. The summed E-state index contributed by atoms with van der Waals surface area (Å²) in [5.74, 6) is 1.21. The number of fused-ring (bicyclic) bond motifs is 1. The Balaban J connectivity index is 1.28. The van der Waals surface area contributed by atoms with Gasteiger partial charge in [0.15, 0.2) is 0 Å². The van der Waals surface area contributed by atoms with Crippen LogP contribution in [0.5, 0.6) is 5.75 Å². The first-order chi connectivity index (χ1) is 22.7. The lowest BCUT2D eigenvalue weighted by atomic mass is 9.85. The maximum Gasteiger partial charge on any atom is 0.320 e. The molecule has 1 fully saturated rings. The molecule has 13 nitrogen and oxygen atoms in total. The van der Waals surface area contributed by atoms with Gasteiger partial charge in [0.05, 0.1) is 37.3 Å². The molecule has 7 N–H and O–H groups in total. The highest BCUT2D eigenvalue weighted by atomic mass is 16.5. The number of nitrogens with one attached hydrogen (secondary N) is 6. The van der Waals surface area contributed by atoms with Gasteiger partial charge in [-0.15, -0.1) is 0 Å². The minimum atomic E-state index is -0.415. The molecule has 2 aliphatic rings. The predicted molar refractivity (Wildman–Crippen MR) is 181 cm³/mol. The van der Waals surface area contributed by atoms with Crippen LogP contribution in [0.2, 0.25) is 0 Å². The number of ether oxygens (including phenoxy) is 1. The maximum atomic E-state index is 13.3. The van der Waals surface area contributed by atoms with Gasteiger partial charge in [-0.1, -0.05) is 31.2 Å². The number of pyridine rings is 1. The minimum Gasteiger partial charge on any atom is -0.484 e. The number of aliphatic hydroxyl groups excluding tert-OH is 1. The Bertz CT molecular complexity index is 1670. The van der Waals surface area contributed by atoms with E-state index < -0.39 is 6.03 Å². The summed E-state index contributed by atoms with van der Waals surface area (Å²) < 4.78 is 9.69. The third kappa shape index (κ3) is 8.09. The number of urea groups is 1. The highest BCUT2D eigenvalue weighted by molar-refractivity contribution is 5.93. The van der Waals surface area contributed by atoms with E-state index in [2.05, 4.69) is 39.8 Å². The molecule has 1 aliphatic heterocycles. The number of anilines is 1. The number of hydrogen-bond donors (Lipinski definition) is 7. The van der Waals surface area contributed by atoms with E-state index in [4.69, 9.17) is 21.0 Å². The van der Waals surface area contributed by atoms with Gasteiger partial charge in [0.1, 0.15) is 23.2 Å². The van der Waals surface area contributed by atoms with Crippen molar-refractivity contribution < 1.29 is 14.6 Å². The number of likely N-dealkylation sites (tertiary alicyclic amines) is 1. The van der Waals surface area contributed by atoms with E-state index in [1.54, 1.807) is 46.0 Å². The first kappa shape index (κ1) is 33.5. The second-order valence-corrected chi connectivity index (χ2v) is 12.2. The third-order valence-corrected chi connectivity index (χ3v) is 8.80. The van der Waals surface area contributed by atoms with Crippen molar-refractivity contribution in [3.05, 3.63) is 83.5 Å². The summed E-state index contributed by atoms with van der Waals surface area (Å²) in [5, 5.41) is 48.1. The highest BCUT2D eigenvalue weighted by Gasteiger charge is 2.31. The van der Waals surface area contributed by atoms with Gasteiger partial charge in [-0.25, -0.2) is 4.79 Å². The number of rotatable bonds is 10. The number of hydrogen-bond acceptors (Lipinski definition) is 8. The first-order valence-electron chi connectivity index (χ1n) is 16.3. The molecule has 47 heavy (non-hydrogen) atoms. The van der Waals surface area contributed by atoms with Crippen LogP contribution in [-0.2, 0) is 6.54 Å². The molecule has 250 valence electrons. The van der Waals surface area contributed by atoms with Crippen LogP contribution in [0.15, 0.2) is 66.9 Å². The average molecular weight is 643 g/mol. The average Bonchev–Trinajstić information content (AvgIpc) is 3.49. The number of amides is 2. The lowest BCUT2D eigenvalue weighted by Gasteiger charge is -2.41. The van der Waals surface area contributed by atoms with E-state index >= 15 is 0 Å². The normalized spacial score (nSPS) is 21.0. The van der Waals surface area contributed by atoms with Crippen molar-refractivity contribution >= 4 is 23.4 Å². The first-order valence-corrected chi connectivity index (χ1v) is 16.3. The minimum absolute atomic E-state index is 0.0424. The zero-order valence-electron chi connectivity index (χ0n) is 27.3. The Labute approximate surface area is 275 Å². The zero-order valence-corrected chi connectivity index (χ0v) is 27.3. The summed E-state index contributed by atoms with van der Waals surface area (Å²) in [6.45, 7) is 6.45. The number of allylic oxidation sites excluding steroid dienone is 1. The highest BCUT2D eigenvalue weighted by Crippen LogP contribution is 2.38. The molecule has 2 aromatic heterocycles. The number of benzene rings is 1. The fraction of sp³-hybridized carbons (Fsp3) is 0.441. The fourth-order valence-corrected chi connectivity index (χ4v) is 6.38. The molecule has 3 heterocycles. The standard InChI is InChI=1S/C34H46N10O3/c1-4-24(35)18-32(39-25-19-38-42(20-25)16-17-45)41-34(46)40-29-13-14-30(28-11-6-5-10-27(28)29)47-26-12-15-31(36)43(21-26)33(37)44-22(2)8-7-9-23(44)3/h5-6,10-12,15,18-23,29-30,35-37,39,45H,4,7-9,13-14,16-17H2,1-3H3,(H2,40,41,46)/b32-18+,35-24?,36-31?,37-33?/t22-,23+,29-,30?/m0/s1. The molecule has 3 aromatic rings. The summed E-state index contributed by atoms with van der Waals surface area (Å²) >= 11 is 0. The topological polar surface area (TPSA) is 180 Å². The van der Waals surface area contributed by atoms with Gasteiger partial charge in [0.2, 0.25) is 5.96 Å². The molecule has 4 atom stereocenters. The van der Waals surface area contributed by atoms with E-state index in [1.807, 2.05) is 31.2 Å². The van der Waals surface area contributed by atoms with Crippen LogP contribution in [0.3, 0.4) is 0 Å².